The Bertz CT molecular complexity index is 935. The maximum atomic E-state index is 5.96. The van der Waals surface area contributed by atoms with Gasteiger partial charge in [-0.1, -0.05) is 75.4 Å². The van der Waals surface area contributed by atoms with Crippen LogP contribution in [0.3, 0.4) is 0 Å². The topological polar surface area (TPSA) is 42.5 Å². The van der Waals surface area contributed by atoms with E-state index in [9.17, 15) is 0 Å². The van der Waals surface area contributed by atoms with Crippen molar-refractivity contribution in [3.05, 3.63) is 78.4 Å². The van der Waals surface area contributed by atoms with Crippen molar-refractivity contribution in [1.29, 1.82) is 0 Å². The Kier molecular flexibility index (Phi) is 7.97. The van der Waals surface area contributed by atoms with Crippen LogP contribution in [0.2, 0.25) is 0 Å². The number of ether oxygens (including phenoxy) is 2. The minimum atomic E-state index is 0.103. The zero-order valence-corrected chi connectivity index (χ0v) is 19.0. The van der Waals surface area contributed by atoms with Gasteiger partial charge in [0.15, 0.2) is 0 Å². The number of fused-ring (bicyclic) bond motifs is 1. The van der Waals surface area contributed by atoms with E-state index < -0.39 is 0 Å². The first-order valence-electron chi connectivity index (χ1n) is 11.9. The van der Waals surface area contributed by atoms with Gasteiger partial charge >= 0.3 is 6.98 Å². The molecule has 166 valence electrons. The van der Waals surface area contributed by atoms with Gasteiger partial charge in [0.05, 0.1) is 6.61 Å². The fourth-order valence-corrected chi connectivity index (χ4v) is 3.93. The van der Waals surface area contributed by atoms with Crippen LogP contribution >= 0.6 is 0 Å². The van der Waals surface area contributed by atoms with Crippen LogP contribution < -0.4 is 25.4 Å². The Morgan fingerprint density at radius 2 is 1.25 bits per heavy atom. The van der Waals surface area contributed by atoms with E-state index in [4.69, 9.17) is 9.47 Å². The van der Waals surface area contributed by atoms with Gasteiger partial charge in [0, 0.05) is 11.4 Å². The molecule has 1 aliphatic rings. The lowest BCUT2D eigenvalue weighted by Gasteiger charge is -2.11. The van der Waals surface area contributed by atoms with E-state index in [-0.39, 0.29) is 6.98 Å². The van der Waals surface area contributed by atoms with Gasteiger partial charge in [0.1, 0.15) is 18.1 Å². The van der Waals surface area contributed by atoms with Gasteiger partial charge in [-0.15, -0.1) is 0 Å². The van der Waals surface area contributed by atoms with Gasteiger partial charge in [-0.3, -0.25) is 0 Å². The van der Waals surface area contributed by atoms with Crippen molar-refractivity contribution in [3.8, 4) is 11.5 Å². The smallest absolute Gasteiger partial charge is 0.406 e. The molecule has 0 fully saturated rings. The normalized spacial score (nSPS) is 12.1. The third-order valence-electron chi connectivity index (χ3n) is 5.84. The molecule has 32 heavy (non-hydrogen) atoms. The van der Waals surface area contributed by atoms with Crippen molar-refractivity contribution >= 4 is 23.8 Å². The van der Waals surface area contributed by atoms with E-state index in [0.717, 1.165) is 41.5 Å². The molecule has 3 aromatic carbocycles. The number of hydrogen-bond donors (Lipinski definition) is 2. The van der Waals surface area contributed by atoms with Gasteiger partial charge in [-0.25, -0.2) is 0 Å². The van der Waals surface area contributed by atoms with E-state index in [1.54, 1.807) is 0 Å². The van der Waals surface area contributed by atoms with Crippen LogP contribution in [0.15, 0.2) is 72.8 Å². The summed E-state index contributed by atoms with van der Waals surface area (Å²) in [5.41, 5.74) is 4.64. The Morgan fingerprint density at radius 3 is 1.91 bits per heavy atom. The summed E-state index contributed by atoms with van der Waals surface area (Å²) in [5, 5.41) is 7.02. The zero-order chi connectivity index (χ0) is 22.0. The summed E-state index contributed by atoms with van der Waals surface area (Å²) in [6.07, 6.45) is 7.66. The monoisotopic (exact) mass is 428 g/mol. The van der Waals surface area contributed by atoms with Crippen molar-refractivity contribution in [3.63, 3.8) is 0 Å². The van der Waals surface area contributed by atoms with Crippen LogP contribution in [-0.4, -0.2) is 13.6 Å². The van der Waals surface area contributed by atoms with Crippen LogP contribution in [0.4, 0.5) is 11.4 Å². The molecule has 0 amide bonds. The van der Waals surface area contributed by atoms with E-state index in [2.05, 4.69) is 53.8 Å². The van der Waals surface area contributed by atoms with E-state index in [1.807, 2.05) is 36.4 Å². The van der Waals surface area contributed by atoms with Crippen LogP contribution in [-0.2, 0) is 6.61 Å². The summed E-state index contributed by atoms with van der Waals surface area (Å²) in [7, 11) is 0. The average molecular weight is 428 g/mol. The van der Waals surface area contributed by atoms with Crippen molar-refractivity contribution in [1.82, 2.24) is 0 Å². The molecule has 3 aromatic rings. The second-order valence-corrected chi connectivity index (χ2v) is 8.39. The molecule has 0 atom stereocenters. The highest BCUT2D eigenvalue weighted by molar-refractivity contribution is 6.80. The highest BCUT2D eigenvalue weighted by Gasteiger charge is 2.25. The zero-order valence-electron chi connectivity index (χ0n) is 19.0. The molecule has 0 aromatic heterocycles. The first-order chi connectivity index (χ1) is 15.8. The van der Waals surface area contributed by atoms with Crippen LogP contribution in [0.25, 0.3) is 0 Å². The molecule has 2 N–H and O–H groups in total. The van der Waals surface area contributed by atoms with E-state index in [0.29, 0.717) is 6.61 Å². The molecule has 0 saturated heterocycles. The van der Waals surface area contributed by atoms with Crippen molar-refractivity contribution in [2.24, 2.45) is 0 Å². The second-order valence-electron chi connectivity index (χ2n) is 8.39. The SMILES string of the molecule is CCCCCCCCOc1ccc(OCc2ccc(B3Nc4ccccc4N3)cc2)cc1. The second kappa shape index (κ2) is 11.5. The minimum absolute atomic E-state index is 0.103. The van der Waals surface area contributed by atoms with Gasteiger partial charge in [0.2, 0.25) is 0 Å². The Labute approximate surface area is 192 Å². The number of benzene rings is 3. The molecule has 4 nitrogen and oxygen atoms in total. The maximum Gasteiger partial charge on any atom is 0.406 e. The maximum absolute atomic E-state index is 5.96. The van der Waals surface area contributed by atoms with Crippen LogP contribution in [0, 0.1) is 0 Å². The van der Waals surface area contributed by atoms with E-state index in [1.165, 1.54) is 37.6 Å². The molecule has 0 saturated carbocycles. The molecule has 5 heteroatoms. The molecule has 1 aliphatic heterocycles. The molecule has 0 spiro atoms. The molecular weight excluding hydrogens is 395 g/mol. The highest BCUT2D eigenvalue weighted by atomic mass is 16.5. The summed E-state index contributed by atoms with van der Waals surface area (Å²) in [6.45, 7) is 3.68. The largest absolute Gasteiger partial charge is 0.494 e. The third kappa shape index (κ3) is 6.22. The number of anilines is 2. The first-order valence-corrected chi connectivity index (χ1v) is 11.9. The Hall–Kier alpha value is -3.08. The summed E-state index contributed by atoms with van der Waals surface area (Å²) in [5.74, 6) is 1.77. The van der Waals surface area contributed by atoms with E-state index >= 15 is 0 Å². The molecule has 0 radical (unpaired) electrons. The lowest BCUT2D eigenvalue weighted by atomic mass is 9.69. The van der Waals surface area contributed by atoms with Crippen LogP contribution in [0.5, 0.6) is 11.5 Å². The number of para-hydroxylation sites is 2. The van der Waals surface area contributed by atoms with Crippen LogP contribution in [0.1, 0.15) is 51.0 Å². The summed E-state index contributed by atoms with van der Waals surface area (Å²) in [4.78, 5) is 0. The predicted molar refractivity (Wildman–Crippen MR) is 135 cm³/mol. The quantitative estimate of drug-likeness (QED) is 0.265. The highest BCUT2D eigenvalue weighted by Crippen LogP contribution is 2.26. The third-order valence-corrected chi connectivity index (χ3v) is 5.84. The predicted octanol–water partition coefficient (Wildman–Crippen LogP) is 6.24. The van der Waals surface area contributed by atoms with Gasteiger partial charge < -0.3 is 19.9 Å². The molecule has 0 aliphatic carbocycles. The number of nitrogens with one attached hydrogen (secondary N) is 2. The molecule has 1 heterocycles. The summed E-state index contributed by atoms with van der Waals surface area (Å²) >= 11 is 0. The lowest BCUT2D eigenvalue weighted by Crippen LogP contribution is -2.41. The van der Waals surface area contributed by atoms with Crippen molar-refractivity contribution in [2.45, 2.75) is 52.1 Å². The van der Waals surface area contributed by atoms with Gasteiger partial charge in [-0.2, -0.15) is 0 Å². The standard InChI is InChI=1S/C27H33BN2O2/c1-2-3-4-5-6-9-20-31-24-16-18-25(19-17-24)32-21-22-12-14-23(15-13-22)28-29-26-10-7-8-11-27(26)30-28/h7-8,10-19,29-30H,2-6,9,20-21H2,1H3. The summed E-state index contributed by atoms with van der Waals surface area (Å²) < 4.78 is 11.8. The fourth-order valence-electron chi connectivity index (χ4n) is 3.93. The van der Waals surface area contributed by atoms with Gasteiger partial charge in [-0.05, 0) is 53.8 Å². The molecule has 4 rings (SSSR count). The fraction of sp³-hybridized carbons (Fsp3) is 0.333. The van der Waals surface area contributed by atoms with Gasteiger partial charge in [0.25, 0.3) is 0 Å². The molecular formula is C27H33BN2O2. The number of hydrogen-bond acceptors (Lipinski definition) is 4. The van der Waals surface area contributed by atoms with Crippen molar-refractivity contribution in [2.75, 3.05) is 17.1 Å². The average Bonchev–Trinajstić information content (AvgIpc) is 3.28. The number of unbranched alkanes of at least 4 members (excludes halogenated alkanes) is 5. The Balaban J connectivity index is 1.18. The van der Waals surface area contributed by atoms with Crippen molar-refractivity contribution < 1.29 is 9.47 Å². The Morgan fingerprint density at radius 1 is 0.656 bits per heavy atom. The first kappa shape index (κ1) is 22.1. The summed E-state index contributed by atoms with van der Waals surface area (Å²) in [6, 6.07) is 24.8. The number of rotatable bonds is 12. The lowest BCUT2D eigenvalue weighted by molar-refractivity contribution is 0.297. The molecule has 0 unspecified atom stereocenters. The molecule has 0 bridgehead atoms. The minimum Gasteiger partial charge on any atom is -0.494 e.